The van der Waals surface area contributed by atoms with Gasteiger partial charge in [-0.25, -0.2) is 0 Å². The number of aromatic amines is 1. The van der Waals surface area contributed by atoms with E-state index in [2.05, 4.69) is 15.3 Å². The molecule has 0 aliphatic carbocycles. The number of hydrogen-bond acceptors (Lipinski definition) is 4. The summed E-state index contributed by atoms with van der Waals surface area (Å²) in [6, 6.07) is 8.38. The van der Waals surface area contributed by atoms with E-state index in [1.807, 2.05) is 19.1 Å². The zero-order valence-electron chi connectivity index (χ0n) is 13.9. The van der Waals surface area contributed by atoms with Crippen molar-refractivity contribution in [3.63, 3.8) is 0 Å². The third-order valence-corrected chi connectivity index (χ3v) is 4.11. The number of nitrogens with one attached hydrogen (secondary N) is 2. The Morgan fingerprint density at radius 1 is 1.24 bits per heavy atom. The highest BCUT2D eigenvalue weighted by Gasteiger charge is 2.13. The second-order valence-electron chi connectivity index (χ2n) is 5.71. The molecule has 1 atom stereocenters. The fourth-order valence-corrected chi connectivity index (χ4v) is 2.75. The fraction of sp³-hybridized carbons (Fsp3) is 0.222. The van der Waals surface area contributed by atoms with Gasteiger partial charge in [0, 0.05) is 24.5 Å². The van der Waals surface area contributed by atoms with Crippen LogP contribution in [0.15, 0.2) is 52.3 Å². The summed E-state index contributed by atoms with van der Waals surface area (Å²) in [5.74, 6) is -0.263. The van der Waals surface area contributed by atoms with Crippen molar-refractivity contribution in [2.24, 2.45) is 0 Å². The molecule has 1 aromatic carbocycles. The summed E-state index contributed by atoms with van der Waals surface area (Å²) in [4.78, 5) is 42.6. The molecule has 0 aliphatic heterocycles. The molecule has 0 bridgehead atoms. The van der Waals surface area contributed by atoms with Gasteiger partial charge in [-0.3, -0.25) is 19.4 Å². The predicted molar refractivity (Wildman–Crippen MR) is 94.6 cm³/mol. The van der Waals surface area contributed by atoms with Gasteiger partial charge in [-0.2, -0.15) is 0 Å². The number of hydrogen-bond donors (Lipinski definition) is 2. The summed E-state index contributed by atoms with van der Waals surface area (Å²) in [6.45, 7) is 4.05. The Kier molecular flexibility index (Phi) is 4.47. The lowest BCUT2D eigenvalue weighted by atomic mass is 10.1. The molecule has 0 saturated carbocycles. The molecule has 2 N–H and O–H groups in total. The van der Waals surface area contributed by atoms with Crippen LogP contribution >= 0.6 is 0 Å². The predicted octanol–water partition coefficient (Wildman–Crippen LogP) is 1.60. The number of fused-ring (bicyclic) bond motifs is 1. The summed E-state index contributed by atoms with van der Waals surface area (Å²) >= 11 is 0. The maximum absolute atomic E-state index is 12.5. The van der Waals surface area contributed by atoms with Crippen molar-refractivity contribution in [1.82, 2.24) is 19.9 Å². The molecular formula is C18H18N4O3. The van der Waals surface area contributed by atoms with E-state index >= 15 is 0 Å². The van der Waals surface area contributed by atoms with Gasteiger partial charge in [0.2, 0.25) is 0 Å². The van der Waals surface area contributed by atoms with Gasteiger partial charge in [0.1, 0.15) is 0 Å². The van der Waals surface area contributed by atoms with Gasteiger partial charge in [-0.15, -0.1) is 0 Å². The van der Waals surface area contributed by atoms with Crippen molar-refractivity contribution < 1.29 is 4.79 Å². The smallest absolute Gasteiger partial charge is 0.316 e. The average Bonchev–Trinajstić information content (AvgIpc) is 2.63. The Bertz CT molecular complexity index is 1040. The van der Waals surface area contributed by atoms with Gasteiger partial charge in [0.25, 0.3) is 5.91 Å². The maximum atomic E-state index is 12.5. The molecule has 1 unspecified atom stereocenters. The van der Waals surface area contributed by atoms with Crippen LogP contribution in [0.1, 0.15) is 35.8 Å². The van der Waals surface area contributed by atoms with E-state index in [4.69, 9.17) is 0 Å². The minimum absolute atomic E-state index is 0.185. The van der Waals surface area contributed by atoms with Crippen molar-refractivity contribution in [3.05, 3.63) is 74.6 Å². The minimum Gasteiger partial charge on any atom is -0.346 e. The minimum atomic E-state index is -0.697. The van der Waals surface area contributed by atoms with Gasteiger partial charge in [0.05, 0.1) is 17.1 Å². The molecule has 3 aromatic rings. The van der Waals surface area contributed by atoms with Gasteiger partial charge in [0.15, 0.2) is 0 Å². The zero-order chi connectivity index (χ0) is 18.0. The Morgan fingerprint density at radius 3 is 2.64 bits per heavy atom. The molecule has 0 saturated heterocycles. The first-order valence-electron chi connectivity index (χ1n) is 7.99. The summed E-state index contributed by atoms with van der Waals surface area (Å²) in [7, 11) is 0. The van der Waals surface area contributed by atoms with Crippen molar-refractivity contribution in [3.8, 4) is 0 Å². The monoisotopic (exact) mass is 338 g/mol. The third kappa shape index (κ3) is 3.21. The first-order valence-corrected chi connectivity index (χ1v) is 7.99. The number of amides is 1. The van der Waals surface area contributed by atoms with Crippen LogP contribution in [0.25, 0.3) is 11.0 Å². The van der Waals surface area contributed by atoms with Crippen LogP contribution in [0.2, 0.25) is 0 Å². The molecule has 2 aromatic heterocycles. The maximum Gasteiger partial charge on any atom is 0.316 e. The second-order valence-corrected chi connectivity index (χ2v) is 5.71. The molecule has 0 aliphatic rings. The number of benzene rings is 1. The quantitative estimate of drug-likeness (QED) is 0.706. The van der Waals surface area contributed by atoms with Crippen LogP contribution < -0.4 is 16.4 Å². The lowest BCUT2D eigenvalue weighted by Gasteiger charge is -2.14. The Balaban J connectivity index is 1.94. The highest BCUT2D eigenvalue weighted by atomic mass is 16.2. The zero-order valence-corrected chi connectivity index (χ0v) is 13.9. The Labute approximate surface area is 143 Å². The topological polar surface area (TPSA) is 96.9 Å². The van der Waals surface area contributed by atoms with Crippen molar-refractivity contribution in [2.45, 2.75) is 26.4 Å². The third-order valence-electron chi connectivity index (χ3n) is 4.11. The molecule has 7 heteroatoms. The number of rotatable bonds is 4. The van der Waals surface area contributed by atoms with Crippen LogP contribution in [0.4, 0.5) is 0 Å². The number of aromatic nitrogens is 3. The van der Waals surface area contributed by atoms with E-state index in [9.17, 15) is 14.4 Å². The standard InChI is InChI=1S/C18H18N4O3/c1-3-22-15-5-4-13(10-14(15)21-17(24)18(22)25)16(23)20-11(2)12-6-8-19-9-7-12/h4-11H,3H2,1-2H3,(H,20,23)(H,21,24). The van der Waals surface area contributed by atoms with Gasteiger partial charge < -0.3 is 14.9 Å². The highest BCUT2D eigenvalue weighted by molar-refractivity contribution is 5.97. The number of pyridine rings is 1. The molecule has 0 fully saturated rings. The van der Waals surface area contributed by atoms with Crippen LogP contribution in [0, 0.1) is 0 Å². The molecule has 0 spiro atoms. The lowest BCUT2D eigenvalue weighted by Crippen LogP contribution is -2.36. The van der Waals surface area contributed by atoms with Crippen molar-refractivity contribution in [2.75, 3.05) is 0 Å². The first kappa shape index (κ1) is 16.6. The van der Waals surface area contributed by atoms with E-state index in [0.717, 1.165) is 5.56 Å². The number of H-pyrrole nitrogens is 1. The van der Waals surface area contributed by atoms with Crippen LogP contribution in [0.3, 0.4) is 0 Å². The molecule has 128 valence electrons. The fourth-order valence-electron chi connectivity index (χ4n) is 2.75. The molecule has 25 heavy (non-hydrogen) atoms. The average molecular weight is 338 g/mol. The number of carbonyl (C=O) groups is 1. The van der Waals surface area contributed by atoms with E-state index < -0.39 is 11.1 Å². The lowest BCUT2D eigenvalue weighted by molar-refractivity contribution is 0.0940. The van der Waals surface area contributed by atoms with Crippen LogP contribution in [-0.2, 0) is 6.54 Å². The summed E-state index contributed by atoms with van der Waals surface area (Å²) in [5.41, 5.74) is 1.10. The molecular weight excluding hydrogens is 320 g/mol. The number of carbonyl (C=O) groups excluding carboxylic acids is 1. The molecule has 1 amide bonds. The largest absolute Gasteiger partial charge is 0.346 e. The highest BCUT2D eigenvalue weighted by Crippen LogP contribution is 2.14. The SMILES string of the molecule is CCn1c(=O)c(=O)[nH]c2cc(C(=O)NC(C)c3ccncc3)ccc21. The molecule has 0 radical (unpaired) electrons. The number of aryl methyl sites for hydroxylation is 1. The van der Waals surface area contributed by atoms with Crippen LogP contribution in [-0.4, -0.2) is 20.4 Å². The van der Waals surface area contributed by atoms with Gasteiger partial charge in [-0.1, -0.05) is 0 Å². The normalized spacial score (nSPS) is 12.1. The second kappa shape index (κ2) is 6.72. The van der Waals surface area contributed by atoms with E-state index in [0.29, 0.717) is 23.1 Å². The van der Waals surface area contributed by atoms with Crippen molar-refractivity contribution in [1.29, 1.82) is 0 Å². The van der Waals surface area contributed by atoms with Crippen LogP contribution in [0.5, 0.6) is 0 Å². The molecule has 3 rings (SSSR count). The molecule has 7 nitrogen and oxygen atoms in total. The van der Waals surface area contributed by atoms with Crippen molar-refractivity contribution >= 4 is 16.9 Å². The summed E-state index contributed by atoms with van der Waals surface area (Å²) in [5, 5.41) is 2.90. The molecule has 2 heterocycles. The Hall–Kier alpha value is -3.22. The van der Waals surface area contributed by atoms with E-state index in [1.165, 1.54) is 4.57 Å². The summed E-state index contributed by atoms with van der Waals surface area (Å²) in [6.07, 6.45) is 3.34. The van der Waals surface area contributed by atoms with E-state index in [1.54, 1.807) is 37.5 Å². The Morgan fingerprint density at radius 2 is 1.96 bits per heavy atom. The van der Waals surface area contributed by atoms with Gasteiger partial charge in [-0.05, 0) is 49.7 Å². The van der Waals surface area contributed by atoms with Gasteiger partial charge >= 0.3 is 11.1 Å². The number of nitrogens with zero attached hydrogens (tertiary/aromatic N) is 2. The van der Waals surface area contributed by atoms with E-state index in [-0.39, 0.29) is 11.9 Å². The summed E-state index contributed by atoms with van der Waals surface area (Å²) < 4.78 is 1.38. The first-order chi connectivity index (χ1) is 12.0.